The molecule has 0 saturated carbocycles. The van der Waals surface area contributed by atoms with Crippen LogP contribution in [0.15, 0.2) is 59.5 Å². The van der Waals surface area contributed by atoms with Crippen LogP contribution < -0.4 is 5.32 Å². The summed E-state index contributed by atoms with van der Waals surface area (Å²) in [5.74, 6) is -0.0928. The van der Waals surface area contributed by atoms with Crippen molar-refractivity contribution in [2.45, 2.75) is 29.4 Å². The first-order valence-corrected chi connectivity index (χ1v) is 10.5. The van der Waals surface area contributed by atoms with E-state index in [2.05, 4.69) is 5.32 Å². The molecule has 3 nitrogen and oxygen atoms in total. The third-order valence-electron chi connectivity index (χ3n) is 5.86. The van der Waals surface area contributed by atoms with Crippen molar-refractivity contribution < 1.29 is 9.18 Å². The van der Waals surface area contributed by atoms with Gasteiger partial charge in [0, 0.05) is 24.5 Å². The highest BCUT2D eigenvalue weighted by molar-refractivity contribution is 8.00. The zero-order valence-corrected chi connectivity index (χ0v) is 16.2. The number of piperidine rings is 1. The molecule has 1 atom stereocenters. The van der Waals surface area contributed by atoms with Crippen LogP contribution in [-0.2, 0) is 4.79 Å². The van der Waals surface area contributed by atoms with Gasteiger partial charge in [-0.3, -0.25) is 4.79 Å². The van der Waals surface area contributed by atoms with Gasteiger partial charge in [0.05, 0.1) is 0 Å². The number of hydrogen-bond acceptors (Lipinski definition) is 3. The Morgan fingerprint density at radius 3 is 2.37 bits per heavy atom. The van der Waals surface area contributed by atoms with Gasteiger partial charge in [0.15, 0.2) is 0 Å². The van der Waals surface area contributed by atoms with Crippen molar-refractivity contribution in [3.8, 4) is 0 Å². The van der Waals surface area contributed by atoms with Crippen molar-refractivity contribution in [3.63, 3.8) is 0 Å². The van der Waals surface area contributed by atoms with Crippen LogP contribution in [0.3, 0.4) is 0 Å². The fourth-order valence-corrected chi connectivity index (χ4v) is 5.24. The quantitative estimate of drug-likeness (QED) is 0.800. The van der Waals surface area contributed by atoms with Crippen molar-refractivity contribution in [3.05, 3.63) is 66.0 Å². The van der Waals surface area contributed by atoms with E-state index in [-0.39, 0.29) is 17.0 Å². The highest BCUT2D eigenvalue weighted by Gasteiger charge is 2.39. The molecular weight excluding hydrogens is 359 g/mol. The molecule has 1 amide bonds. The lowest BCUT2D eigenvalue weighted by atomic mass is 9.78. The Morgan fingerprint density at radius 1 is 1.04 bits per heavy atom. The number of likely N-dealkylation sites (tertiary alicyclic amines) is 1. The van der Waals surface area contributed by atoms with Crippen LogP contribution in [0.25, 0.3) is 0 Å². The number of halogens is 1. The third kappa shape index (κ3) is 4.19. The van der Waals surface area contributed by atoms with E-state index in [0.717, 1.165) is 49.5 Å². The first kappa shape index (κ1) is 18.5. The number of rotatable bonds is 4. The number of hydrogen-bond donors (Lipinski definition) is 1. The second-order valence-corrected chi connectivity index (χ2v) is 8.79. The van der Waals surface area contributed by atoms with Gasteiger partial charge in [-0.1, -0.05) is 30.3 Å². The van der Waals surface area contributed by atoms with Crippen molar-refractivity contribution >= 4 is 17.7 Å². The SMILES string of the molecule is O=C(C(Sc1ccc(F)cc1)c1ccccc1)N1CCC2(CCNC2)CC1. The normalized spacial score (nSPS) is 20.0. The number of thioether (sulfide) groups is 1. The average molecular weight is 385 g/mol. The molecule has 2 aliphatic heterocycles. The van der Waals surface area contributed by atoms with Crippen molar-refractivity contribution in [2.75, 3.05) is 26.2 Å². The Labute approximate surface area is 164 Å². The molecule has 4 rings (SSSR count). The molecule has 2 aromatic rings. The molecule has 1 N–H and O–H groups in total. The van der Waals surface area contributed by atoms with Gasteiger partial charge in [-0.2, -0.15) is 0 Å². The van der Waals surface area contributed by atoms with E-state index in [1.54, 1.807) is 12.1 Å². The Morgan fingerprint density at radius 2 is 1.74 bits per heavy atom. The smallest absolute Gasteiger partial charge is 0.240 e. The molecule has 0 bridgehead atoms. The first-order valence-electron chi connectivity index (χ1n) is 9.62. The zero-order chi connectivity index (χ0) is 18.7. The number of carbonyl (C=O) groups excluding carboxylic acids is 1. The molecule has 1 spiro atoms. The molecule has 0 radical (unpaired) electrons. The van der Waals surface area contributed by atoms with Crippen LogP contribution in [0.1, 0.15) is 30.1 Å². The molecular formula is C22H25FN2OS. The molecule has 2 saturated heterocycles. The fourth-order valence-electron chi connectivity index (χ4n) is 4.13. The number of carbonyl (C=O) groups is 1. The minimum absolute atomic E-state index is 0.163. The zero-order valence-electron chi connectivity index (χ0n) is 15.4. The summed E-state index contributed by atoms with van der Waals surface area (Å²) < 4.78 is 13.3. The number of benzene rings is 2. The van der Waals surface area contributed by atoms with Crippen molar-refractivity contribution in [1.29, 1.82) is 0 Å². The Hall–Kier alpha value is -1.85. The van der Waals surface area contributed by atoms with Crippen molar-refractivity contribution in [2.24, 2.45) is 5.41 Å². The minimum atomic E-state index is -0.299. The van der Waals surface area contributed by atoms with Crippen LogP contribution in [0.2, 0.25) is 0 Å². The summed E-state index contributed by atoms with van der Waals surface area (Å²) in [6, 6.07) is 16.3. The molecule has 2 fully saturated rings. The first-order chi connectivity index (χ1) is 13.2. The van der Waals surface area contributed by atoms with Crippen LogP contribution in [0.4, 0.5) is 4.39 Å². The van der Waals surface area contributed by atoms with Gasteiger partial charge in [-0.05, 0) is 61.1 Å². The number of nitrogens with one attached hydrogen (secondary N) is 1. The molecule has 1 unspecified atom stereocenters. The lowest BCUT2D eigenvalue weighted by molar-refractivity contribution is -0.132. The highest BCUT2D eigenvalue weighted by Crippen LogP contribution is 2.41. The fraction of sp³-hybridized carbons (Fsp3) is 0.409. The predicted molar refractivity (Wildman–Crippen MR) is 107 cm³/mol. The van der Waals surface area contributed by atoms with Gasteiger partial charge < -0.3 is 10.2 Å². The molecule has 2 aliphatic rings. The summed E-state index contributed by atoms with van der Waals surface area (Å²) >= 11 is 1.51. The van der Waals surface area contributed by atoms with Crippen LogP contribution in [-0.4, -0.2) is 37.0 Å². The van der Waals surface area contributed by atoms with E-state index in [1.165, 1.54) is 30.3 Å². The van der Waals surface area contributed by atoms with Gasteiger partial charge in [0.1, 0.15) is 11.1 Å². The second-order valence-electron chi connectivity index (χ2n) is 7.61. The Bertz CT molecular complexity index is 765. The van der Waals surface area contributed by atoms with Crippen LogP contribution in [0.5, 0.6) is 0 Å². The van der Waals surface area contributed by atoms with Gasteiger partial charge in [0.2, 0.25) is 5.91 Å². The van der Waals surface area contributed by atoms with E-state index in [0.29, 0.717) is 5.41 Å². The number of nitrogens with zero attached hydrogens (tertiary/aromatic N) is 1. The van der Waals surface area contributed by atoms with Gasteiger partial charge in [0.25, 0.3) is 0 Å². The third-order valence-corrected chi connectivity index (χ3v) is 7.12. The number of amides is 1. The molecule has 5 heteroatoms. The largest absolute Gasteiger partial charge is 0.341 e. The van der Waals surface area contributed by atoms with Crippen LogP contribution in [0, 0.1) is 11.2 Å². The van der Waals surface area contributed by atoms with Crippen molar-refractivity contribution in [1.82, 2.24) is 10.2 Å². The maximum absolute atomic E-state index is 13.4. The van der Waals surface area contributed by atoms with Crippen LogP contribution >= 0.6 is 11.8 Å². The summed E-state index contributed by atoms with van der Waals surface area (Å²) in [7, 11) is 0. The summed E-state index contributed by atoms with van der Waals surface area (Å²) in [6.45, 7) is 3.84. The van der Waals surface area contributed by atoms with Gasteiger partial charge in [-0.15, -0.1) is 11.8 Å². The maximum atomic E-state index is 13.4. The summed E-state index contributed by atoms with van der Waals surface area (Å²) in [6.07, 6.45) is 3.38. The monoisotopic (exact) mass is 384 g/mol. The summed E-state index contributed by atoms with van der Waals surface area (Å²) in [5, 5.41) is 3.18. The van der Waals surface area contributed by atoms with E-state index in [4.69, 9.17) is 0 Å². The Balaban J connectivity index is 1.51. The highest BCUT2D eigenvalue weighted by atomic mass is 32.2. The maximum Gasteiger partial charge on any atom is 0.240 e. The molecule has 2 aromatic carbocycles. The lowest BCUT2D eigenvalue weighted by Gasteiger charge is -2.40. The average Bonchev–Trinajstić information content (AvgIpc) is 3.16. The minimum Gasteiger partial charge on any atom is -0.341 e. The molecule has 2 heterocycles. The summed E-state index contributed by atoms with van der Waals surface area (Å²) in [5.41, 5.74) is 1.39. The predicted octanol–water partition coefficient (Wildman–Crippen LogP) is 4.26. The van der Waals surface area contributed by atoms with E-state index >= 15 is 0 Å². The van der Waals surface area contributed by atoms with E-state index in [1.807, 2.05) is 35.2 Å². The molecule has 27 heavy (non-hydrogen) atoms. The Kier molecular flexibility index (Phi) is 5.50. The van der Waals surface area contributed by atoms with Gasteiger partial charge in [-0.25, -0.2) is 4.39 Å². The molecule has 0 aliphatic carbocycles. The standard InChI is InChI=1S/C22H25FN2OS/c23-18-6-8-19(9-7-18)27-20(17-4-2-1-3-5-17)21(26)25-14-11-22(12-15-25)10-13-24-16-22/h1-9,20,24H,10-16H2. The summed E-state index contributed by atoms with van der Waals surface area (Å²) in [4.78, 5) is 16.3. The van der Waals surface area contributed by atoms with Gasteiger partial charge >= 0.3 is 0 Å². The topological polar surface area (TPSA) is 32.3 Å². The molecule has 0 aromatic heterocycles. The van der Waals surface area contributed by atoms with E-state index in [9.17, 15) is 9.18 Å². The van der Waals surface area contributed by atoms with E-state index < -0.39 is 0 Å². The molecule has 142 valence electrons. The lowest BCUT2D eigenvalue weighted by Crippen LogP contribution is -2.45. The second kappa shape index (κ2) is 8.03.